The monoisotopic (exact) mass is 693 g/mol. The maximum absolute atomic E-state index is 11.8. The van der Waals surface area contributed by atoms with E-state index in [1.807, 2.05) is 24.3 Å². The number of hydrogen-bond donors (Lipinski definition) is 0. The molecule has 0 aliphatic carbocycles. The van der Waals surface area contributed by atoms with E-state index in [1.165, 1.54) is 102 Å². The van der Waals surface area contributed by atoms with Crippen molar-refractivity contribution in [3.8, 4) is 0 Å². The van der Waals surface area contributed by atoms with Crippen LogP contribution in [0.3, 0.4) is 0 Å². The Morgan fingerprint density at radius 3 is 1.50 bits per heavy atom. The number of unbranched alkanes of at least 4 members (excludes halogenated alkanes) is 2. The van der Waals surface area contributed by atoms with E-state index in [4.69, 9.17) is 4.84 Å². The predicted octanol–water partition coefficient (Wildman–Crippen LogP) is 13.0. The molecule has 2 unspecified atom stereocenters. The van der Waals surface area contributed by atoms with Gasteiger partial charge in [0.05, 0.1) is 0 Å². The second-order valence-corrected chi connectivity index (χ2v) is 14.4. The molecule has 2 aromatic heterocycles. The lowest BCUT2D eigenvalue weighted by atomic mass is 9.99. The van der Waals surface area contributed by atoms with Crippen LogP contribution in [0.25, 0.3) is 55.8 Å². The molecule has 0 radical (unpaired) electrons. The van der Waals surface area contributed by atoms with Crippen LogP contribution in [0.15, 0.2) is 102 Å². The third kappa shape index (κ3) is 8.41. The number of carbonyl (C=O) groups excluding carboxylic acids is 1. The van der Waals surface area contributed by atoms with Crippen LogP contribution in [0.4, 0.5) is 0 Å². The van der Waals surface area contributed by atoms with Crippen molar-refractivity contribution in [2.45, 2.75) is 99.1 Å². The lowest BCUT2D eigenvalue weighted by Crippen LogP contribution is -2.10. The van der Waals surface area contributed by atoms with Crippen LogP contribution in [-0.4, -0.2) is 20.8 Å². The number of benzene rings is 4. The van der Waals surface area contributed by atoms with Crippen molar-refractivity contribution in [1.29, 1.82) is 0 Å². The molecule has 270 valence electrons. The van der Waals surface area contributed by atoms with Crippen LogP contribution >= 0.6 is 0 Å². The first-order valence-electron chi connectivity index (χ1n) is 19.6. The standard InChI is InChI=1S/C47H55N3O2/c1-6-10-16-35(8-3)32-49-44-20-14-12-18-40(44)42-30-37(24-28-46(42)49)22-26-39(48-52-34(5)51)27-23-38-25-29-47-43(31-38)41-19-13-15-21-45(41)50(47)33-36(9-4)17-11-7-2/h12-15,18-31,35-36H,6-11,16-17,32-33H2,1-5H3/b26-22+,27-23+,48-39?. The van der Waals surface area contributed by atoms with Gasteiger partial charge < -0.3 is 14.0 Å². The molecule has 0 saturated carbocycles. The van der Waals surface area contributed by atoms with Gasteiger partial charge in [-0.1, -0.05) is 132 Å². The molecule has 0 aliphatic heterocycles. The molecule has 0 bridgehead atoms. The Kier molecular flexibility index (Phi) is 12.4. The fourth-order valence-electron chi connectivity index (χ4n) is 7.69. The van der Waals surface area contributed by atoms with Gasteiger partial charge >= 0.3 is 5.97 Å². The van der Waals surface area contributed by atoms with Crippen molar-refractivity contribution in [3.05, 3.63) is 108 Å². The van der Waals surface area contributed by atoms with Gasteiger partial charge in [0.25, 0.3) is 0 Å². The molecule has 2 heterocycles. The molecule has 6 rings (SSSR count). The molecular weight excluding hydrogens is 639 g/mol. The second kappa shape index (κ2) is 17.5. The number of para-hydroxylation sites is 2. The molecule has 0 amide bonds. The maximum atomic E-state index is 11.8. The fraction of sp³-hybridized carbons (Fsp3) is 0.362. The van der Waals surface area contributed by atoms with Crippen LogP contribution in [0.1, 0.15) is 97.1 Å². The molecule has 4 aromatic carbocycles. The van der Waals surface area contributed by atoms with Crippen molar-refractivity contribution in [2.75, 3.05) is 0 Å². The summed E-state index contributed by atoms with van der Waals surface area (Å²) in [5, 5.41) is 9.25. The molecule has 0 aliphatic rings. The topological polar surface area (TPSA) is 48.5 Å². The normalized spacial score (nSPS) is 13.2. The third-order valence-corrected chi connectivity index (χ3v) is 10.7. The van der Waals surface area contributed by atoms with E-state index in [9.17, 15) is 4.79 Å². The quantitative estimate of drug-likeness (QED) is 0.0542. The highest BCUT2D eigenvalue weighted by atomic mass is 16.7. The average Bonchev–Trinajstić information content (AvgIpc) is 3.65. The second-order valence-electron chi connectivity index (χ2n) is 14.4. The fourth-order valence-corrected chi connectivity index (χ4v) is 7.69. The summed E-state index contributed by atoms with van der Waals surface area (Å²) in [5.74, 6) is 0.874. The summed E-state index contributed by atoms with van der Waals surface area (Å²) in [4.78, 5) is 16.9. The van der Waals surface area contributed by atoms with E-state index in [0.29, 0.717) is 17.5 Å². The van der Waals surface area contributed by atoms with Gasteiger partial charge in [-0.05, 0) is 84.4 Å². The zero-order chi connectivity index (χ0) is 36.5. The lowest BCUT2D eigenvalue weighted by molar-refractivity contribution is -0.140. The Bertz CT molecular complexity index is 2080. The van der Waals surface area contributed by atoms with E-state index >= 15 is 0 Å². The van der Waals surface area contributed by atoms with Gasteiger partial charge in [-0.25, -0.2) is 4.79 Å². The third-order valence-electron chi connectivity index (χ3n) is 10.7. The smallest absolute Gasteiger partial charge is 0.331 e. The van der Waals surface area contributed by atoms with Gasteiger partial charge in [0.15, 0.2) is 0 Å². The number of allylic oxidation sites excluding steroid dienone is 2. The highest BCUT2D eigenvalue weighted by molar-refractivity contribution is 6.12. The number of carbonyl (C=O) groups is 1. The Morgan fingerprint density at radius 2 is 1.08 bits per heavy atom. The lowest BCUT2D eigenvalue weighted by Gasteiger charge is -2.17. The van der Waals surface area contributed by atoms with Crippen LogP contribution in [-0.2, 0) is 22.7 Å². The summed E-state index contributed by atoms with van der Waals surface area (Å²) in [6, 6.07) is 30.9. The Morgan fingerprint density at radius 1 is 0.635 bits per heavy atom. The molecule has 0 fully saturated rings. The van der Waals surface area contributed by atoms with Crippen LogP contribution in [0.2, 0.25) is 0 Å². The summed E-state index contributed by atoms with van der Waals surface area (Å²) in [6.45, 7) is 12.6. The first kappa shape index (κ1) is 36.9. The van der Waals surface area contributed by atoms with Crippen molar-refractivity contribution in [3.63, 3.8) is 0 Å². The molecule has 0 spiro atoms. The first-order valence-corrected chi connectivity index (χ1v) is 19.6. The van der Waals surface area contributed by atoms with Gasteiger partial charge in [0, 0.05) is 63.6 Å². The largest absolute Gasteiger partial charge is 0.340 e. The number of fused-ring (bicyclic) bond motifs is 6. The Balaban J connectivity index is 1.30. The van der Waals surface area contributed by atoms with Crippen LogP contribution in [0.5, 0.6) is 0 Å². The first-order chi connectivity index (χ1) is 25.4. The minimum absolute atomic E-state index is 0.448. The maximum Gasteiger partial charge on any atom is 0.331 e. The minimum Gasteiger partial charge on any atom is -0.340 e. The Labute approximate surface area is 309 Å². The number of rotatable bonds is 17. The molecular formula is C47H55N3O2. The van der Waals surface area contributed by atoms with E-state index in [0.717, 1.165) is 24.2 Å². The summed E-state index contributed by atoms with van der Waals surface area (Å²) < 4.78 is 5.03. The molecule has 0 N–H and O–H groups in total. The van der Waals surface area contributed by atoms with Gasteiger partial charge in [0.2, 0.25) is 0 Å². The zero-order valence-corrected chi connectivity index (χ0v) is 31.8. The highest BCUT2D eigenvalue weighted by Gasteiger charge is 2.16. The SMILES string of the molecule is CCCCC(CC)Cn1c2ccccc2c2cc(/C=C/C(/C=C/c3ccc4c(c3)c3ccccc3n4CC(CC)CCCC)=NOC(C)=O)ccc21. The van der Waals surface area contributed by atoms with Gasteiger partial charge in [-0.3, -0.25) is 0 Å². The van der Waals surface area contributed by atoms with Crippen LogP contribution < -0.4 is 0 Å². The Hall–Kier alpha value is -4.90. The average molecular weight is 694 g/mol. The molecule has 5 nitrogen and oxygen atoms in total. The molecule has 6 aromatic rings. The molecule has 2 atom stereocenters. The molecule has 5 heteroatoms. The zero-order valence-electron chi connectivity index (χ0n) is 31.8. The van der Waals surface area contributed by atoms with Crippen LogP contribution in [0, 0.1) is 11.8 Å². The number of nitrogens with zero attached hydrogens (tertiary/aromatic N) is 3. The van der Waals surface area contributed by atoms with E-state index in [1.54, 1.807) is 0 Å². The minimum atomic E-state index is -0.448. The van der Waals surface area contributed by atoms with Crippen molar-refractivity contribution >= 4 is 67.4 Å². The van der Waals surface area contributed by atoms with Gasteiger partial charge in [-0.2, -0.15) is 0 Å². The van der Waals surface area contributed by atoms with Crippen molar-refractivity contribution < 1.29 is 9.63 Å². The van der Waals surface area contributed by atoms with Crippen molar-refractivity contribution in [1.82, 2.24) is 9.13 Å². The van der Waals surface area contributed by atoms with Gasteiger partial charge in [-0.15, -0.1) is 0 Å². The predicted molar refractivity (Wildman–Crippen MR) is 223 cm³/mol. The summed E-state index contributed by atoms with van der Waals surface area (Å²) in [5.41, 5.74) is 7.80. The highest BCUT2D eigenvalue weighted by Crippen LogP contribution is 2.33. The summed E-state index contributed by atoms with van der Waals surface area (Å²) in [6.07, 6.45) is 17.8. The van der Waals surface area contributed by atoms with E-state index in [-0.39, 0.29) is 0 Å². The molecule has 52 heavy (non-hydrogen) atoms. The number of oxime groups is 1. The molecule has 0 saturated heterocycles. The summed E-state index contributed by atoms with van der Waals surface area (Å²) >= 11 is 0. The van der Waals surface area contributed by atoms with E-state index in [2.05, 4.69) is 127 Å². The van der Waals surface area contributed by atoms with E-state index < -0.39 is 5.97 Å². The number of aromatic nitrogens is 2. The summed E-state index contributed by atoms with van der Waals surface area (Å²) in [7, 11) is 0. The van der Waals surface area contributed by atoms with Gasteiger partial charge in [0.1, 0.15) is 5.71 Å². The van der Waals surface area contributed by atoms with Crippen molar-refractivity contribution in [2.24, 2.45) is 17.0 Å². The number of hydrogen-bond acceptors (Lipinski definition) is 3.